The van der Waals surface area contributed by atoms with Crippen molar-refractivity contribution < 1.29 is 19.3 Å². The first kappa shape index (κ1) is 26.9. The monoisotopic (exact) mass is 551 g/mol. The third-order valence-electron chi connectivity index (χ3n) is 7.50. The summed E-state index contributed by atoms with van der Waals surface area (Å²) >= 11 is 0. The van der Waals surface area contributed by atoms with Crippen molar-refractivity contribution in [2.45, 2.75) is 44.5 Å². The van der Waals surface area contributed by atoms with E-state index in [2.05, 4.69) is 15.0 Å². The van der Waals surface area contributed by atoms with Gasteiger partial charge in [-0.15, -0.1) is 0 Å². The van der Waals surface area contributed by atoms with Crippen molar-refractivity contribution in [2.24, 2.45) is 5.92 Å². The number of ether oxygens (including phenoxy) is 3. The van der Waals surface area contributed by atoms with Gasteiger partial charge < -0.3 is 29.6 Å². The Labute approximate surface area is 238 Å². The molecule has 6 rings (SSSR count). The van der Waals surface area contributed by atoms with Crippen LogP contribution in [-0.4, -0.2) is 43.4 Å². The van der Waals surface area contributed by atoms with Crippen LogP contribution in [0.25, 0.3) is 11.2 Å². The fraction of sp³-hybridized carbons (Fsp3) is 0.281. The van der Waals surface area contributed by atoms with Crippen molar-refractivity contribution in [1.82, 2.24) is 19.5 Å². The second kappa shape index (κ2) is 12.5. The van der Waals surface area contributed by atoms with Crippen molar-refractivity contribution in [2.75, 3.05) is 12.3 Å². The normalized spacial score (nSPS) is 20.4. The Hall–Kier alpha value is -4.31. The van der Waals surface area contributed by atoms with Gasteiger partial charge in [0.05, 0.1) is 44.4 Å². The summed E-state index contributed by atoms with van der Waals surface area (Å²) in [6, 6.07) is 29.5. The van der Waals surface area contributed by atoms with E-state index in [0.29, 0.717) is 49.9 Å². The quantitative estimate of drug-likeness (QED) is 0.242. The minimum atomic E-state index is -0.756. The maximum atomic E-state index is 11.6. The number of hydrogen-bond donors (Lipinski definition) is 2. The van der Waals surface area contributed by atoms with E-state index in [9.17, 15) is 5.11 Å². The maximum Gasteiger partial charge on any atom is 0.247 e. The second-order valence-electron chi connectivity index (χ2n) is 10.3. The van der Waals surface area contributed by atoms with Gasteiger partial charge in [0, 0.05) is 5.92 Å². The number of nitrogens with two attached hydrogens (primary N) is 1. The fourth-order valence-electron chi connectivity index (χ4n) is 5.37. The lowest BCUT2D eigenvalue weighted by molar-refractivity contribution is -0.0475. The zero-order chi connectivity index (χ0) is 28.0. The molecule has 3 aromatic carbocycles. The molecule has 0 spiro atoms. The molecule has 4 atom stereocenters. The highest BCUT2D eigenvalue weighted by atomic mass is 16.5. The molecular weight excluding hydrogens is 518 g/mol. The van der Waals surface area contributed by atoms with Crippen LogP contribution in [0.2, 0.25) is 0 Å². The number of benzene rings is 3. The molecule has 0 radical (unpaired) electrons. The number of imidazole rings is 1. The Bertz CT molecular complexity index is 1550. The van der Waals surface area contributed by atoms with E-state index < -0.39 is 6.10 Å². The van der Waals surface area contributed by atoms with Crippen LogP contribution in [0.5, 0.6) is 5.88 Å². The Morgan fingerprint density at radius 2 is 1.41 bits per heavy atom. The summed E-state index contributed by atoms with van der Waals surface area (Å²) in [6.07, 6.45) is 1.23. The molecule has 0 unspecified atom stereocenters. The first-order valence-corrected chi connectivity index (χ1v) is 13.8. The molecule has 2 heterocycles. The number of anilines is 1. The Morgan fingerprint density at radius 3 is 2.07 bits per heavy atom. The summed E-state index contributed by atoms with van der Waals surface area (Å²) in [7, 11) is 0. The molecule has 3 N–H and O–H groups in total. The number of aliphatic hydroxyl groups excluding tert-OH is 1. The fourth-order valence-corrected chi connectivity index (χ4v) is 5.37. The van der Waals surface area contributed by atoms with Crippen LogP contribution in [0.1, 0.15) is 29.2 Å². The summed E-state index contributed by atoms with van der Waals surface area (Å²) < 4.78 is 20.3. The van der Waals surface area contributed by atoms with E-state index in [0.717, 1.165) is 16.7 Å². The molecule has 0 aliphatic heterocycles. The van der Waals surface area contributed by atoms with Gasteiger partial charge in [-0.2, -0.15) is 9.97 Å². The summed E-state index contributed by atoms with van der Waals surface area (Å²) in [5.74, 6) is 0.134. The number of aromatic nitrogens is 4. The molecule has 0 bridgehead atoms. The molecule has 210 valence electrons. The van der Waals surface area contributed by atoms with E-state index >= 15 is 0 Å². The van der Waals surface area contributed by atoms with Crippen LogP contribution < -0.4 is 10.5 Å². The maximum absolute atomic E-state index is 11.6. The third-order valence-corrected chi connectivity index (χ3v) is 7.50. The first-order chi connectivity index (χ1) is 20.2. The zero-order valence-corrected chi connectivity index (χ0v) is 22.6. The van der Waals surface area contributed by atoms with E-state index in [1.807, 2.05) is 95.6 Å². The van der Waals surface area contributed by atoms with E-state index in [-0.39, 0.29) is 24.0 Å². The molecule has 1 aliphatic carbocycles. The summed E-state index contributed by atoms with van der Waals surface area (Å²) in [5, 5.41) is 11.6. The third kappa shape index (κ3) is 6.22. The number of nitrogen functional groups attached to an aromatic ring is 1. The van der Waals surface area contributed by atoms with Crippen LogP contribution in [0, 0.1) is 5.92 Å². The SMILES string of the molecule is Nc1nc(OCc2ccccc2)c2ncn([C@@H]3C[C@H](OCc4ccccc4)[C@@H](COCc4ccccc4)[C@H]3O)c2n1. The van der Waals surface area contributed by atoms with Crippen LogP contribution in [0.15, 0.2) is 97.3 Å². The van der Waals surface area contributed by atoms with Crippen LogP contribution >= 0.6 is 0 Å². The van der Waals surface area contributed by atoms with Crippen molar-refractivity contribution in [3.8, 4) is 5.88 Å². The molecule has 9 nitrogen and oxygen atoms in total. The Morgan fingerprint density at radius 1 is 0.805 bits per heavy atom. The predicted molar refractivity (Wildman–Crippen MR) is 155 cm³/mol. The topological polar surface area (TPSA) is 118 Å². The van der Waals surface area contributed by atoms with E-state index in [1.165, 1.54) is 0 Å². The van der Waals surface area contributed by atoms with Gasteiger partial charge in [0.25, 0.3) is 0 Å². The predicted octanol–water partition coefficient (Wildman–Crippen LogP) is 4.71. The molecule has 2 aromatic heterocycles. The summed E-state index contributed by atoms with van der Waals surface area (Å²) in [4.78, 5) is 13.3. The lowest BCUT2D eigenvalue weighted by Gasteiger charge is -2.23. The van der Waals surface area contributed by atoms with E-state index in [1.54, 1.807) is 6.33 Å². The summed E-state index contributed by atoms with van der Waals surface area (Å²) in [5.41, 5.74) is 10.2. The lowest BCUT2D eigenvalue weighted by atomic mass is 10.0. The number of hydrogen-bond acceptors (Lipinski definition) is 8. The smallest absolute Gasteiger partial charge is 0.247 e. The molecule has 0 amide bonds. The molecule has 5 aromatic rings. The largest absolute Gasteiger partial charge is 0.471 e. The Balaban J connectivity index is 1.23. The second-order valence-corrected chi connectivity index (χ2v) is 10.3. The highest BCUT2D eigenvalue weighted by Gasteiger charge is 2.45. The number of aliphatic hydroxyl groups is 1. The number of fused-ring (bicyclic) bond motifs is 1. The van der Waals surface area contributed by atoms with Crippen molar-refractivity contribution in [1.29, 1.82) is 0 Å². The van der Waals surface area contributed by atoms with Gasteiger partial charge in [0.2, 0.25) is 11.8 Å². The molecule has 1 saturated carbocycles. The average molecular weight is 552 g/mol. The van der Waals surface area contributed by atoms with E-state index in [4.69, 9.17) is 19.9 Å². The van der Waals surface area contributed by atoms with Crippen molar-refractivity contribution in [3.05, 3.63) is 114 Å². The van der Waals surface area contributed by atoms with Gasteiger partial charge in [0.15, 0.2) is 11.2 Å². The average Bonchev–Trinajstić information content (AvgIpc) is 3.56. The van der Waals surface area contributed by atoms with Crippen molar-refractivity contribution in [3.63, 3.8) is 0 Å². The minimum Gasteiger partial charge on any atom is -0.471 e. The molecule has 1 aliphatic rings. The van der Waals surface area contributed by atoms with Crippen LogP contribution in [0.4, 0.5) is 5.95 Å². The first-order valence-electron chi connectivity index (χ1n) is 13.8. The lowest BCUT2D eigenvalue weighted by Crippen LogP contribution is -2.31. The zero-order valence-electron chi connectivity index (χ0n) is 22.6. The molecule has 0 saturated heterocycles. The highest BCUT2D eigenvalue weighted by molar-refractivity contribution is 5.77. The van der Waals surface area contributed by atoms with Gasteiger partial charge in [-0.25, -0.2) is 4.98 Å². The Kier molecular flexibility index (Phi) is 8.18. The van der Waals surface area contributed by atoms with Gasteiger partial charge >= 0.3 is 0 Å². The van der Waals surface area contributed by atoms with Crippen molar-refractivity contribution >= 4 is 17.1 Å². The van der Waals surface area contributed by atoms with Gasteiger partial charge in [0.1, 0.15) is 6.61 Å². The summed E-state index contributed by atoms with van der Waals surface area (Å²) in [6.45, 7) is 1.57. The molecule has 41 heavy (non-hydrogen) atoms. The highest BCUT2D eigenvalue weighted by Crippen LogP contribution is 2.40. The number of nitrogens with zero attached hydrogens (tertiary/aromatic N) is 4. The standard InChI is InChI=1S/C32H33N5O4/c33-32-35-30-28(31(36-32)41-19-24-14-8-3-9-15-24)34-21-37(30)26-16-27(40-18-23-12-6-2-7-13-23)25(29(26)38)20-39-17-22-10-4-1-5-11-22/h1-15,21,25-27,29,38H,16-20H2,(H2,33,35,36)/t25-,26-,27+,29-/m1/s1. The molecule has 9 heteroatoms. The minimum absolute atomic E-state index is 0.0782. The van der Waals surface area contributed by atoms with Crippen LogP contribution in [0.3, 0.4) is 0 Å². The van der Waals surface area contributed by atoms with Gasteiger partial charge in [-0.05, 0) is 23.1 Å². The van der Waals surface area contributed by atoms with Gasteiger partial charge in [-0.1, -0.05) is 91.0 Å². The van der Waals surface area contributed by atoms with Gasteiger partial charge in [-0.3, -0.25) is 0 Å². The van der Waals surface area contributed by atoms with Crippen LogP contribution in [-0.2, 0) is 29.3 Å². The number of rotatable bonds is 11. The molecular formula is C32H33N5O4. The molecule has 1 fully saturated rings.